The third-order valence-electron chi connectivity index (χ3n) is 4.67. The second-order valence-electron chi connectivity index (χ2n) is 8.82. The van der Waals surface area contributed by atoms with E-state index in [1.807, 2.05) is 13.1 Å². The lowest BCUT2D eigenvalue weighted by Crippen LogP contribution is -2.59. The predicted molar refractivity (Wildman–Crippen MR) is 124 cm³/mol. The summed E-state index contributed by atoms with van der Waals surface area (Å²) < 4.78 is 19.5. The third-order valence-corrected chi connectivity index (χ3v) is 20.9. The van der Waals surface area contributed by atoms with Crippen molar-refractivity contribution in [3.05, 3.63) is 0 Å². The number of hydrogen-bond donors (Lipinski definition) is 5. The molecular formula is C17H44O8Si4. The highest BCUT2D eigenvalue weighted by atomic mass is 28.5. The minimum absolute atomic E-state index is 0.000992. The summed E-state index contributed by atoms with van der Waals surface area (Å²) in [5.74, 6) is 0. The monoisotopic (exact) mass is 488 g/mol. The molecule has 29 heavy (non-hydrogen) atoms. The van der Waals surface area contributed by atoms with Gasteiger partial charge >= 0.3 is 25.7 Å². The van der Waals surface area contributed by atoms with Crippen molar-refractivity contribution in [1.29, 1.82) is 0 Å². The highest BCUT2D eigenvalue weighted by molar-refractivity contribution is 6.89. The lowest BCUT2D eigenvalue weighted by molar-refractivity contribution is 0.250. The van der Waals surface area contributed by atoms with E-state index >= 15 is 0 Å². The molecule has 0 spiro atoms. The zero-order chi connectivity index (χ0) is 22.6. The van der Waals surface area contributed by atoms with Crippen LogP contribution in [0.25, 0.3) is 0 Å². The van der Waals surface area contributed by atoms with Gasteiger partial charge in [0, 0.05) is 26.4 Å². The van der Waals surface area contributed by atoms with Gasteiger partial charge in [-0.15, -0.1) is 0 Å². The van der Waals surface area contributed by atoms with Crippen molar-refractivity contribution in [2.75, 3.05) is 26.4 Å². The van der Waals surface area contributed by atoms with Crippen molar-refractivity contribution in [1.82, 2.24) is 0 Å². The van der Waals surface area contributed by atoms with Gasteiger partial charge in [0.25, 0.3) is 0 Å². The van der Waals surface area contributed by atoms with Gasteiger partial charge in [-0.1, -0.05) is 0 Å². The summed E-state index contributed by atoms with van der Waals surface area (Å²) in [7, 11) is -10.7. The summed E-state index contributed by atoms with van der Waals surface area (Å²) in [4.78, 5) is 10.8. The van der Waals surface area contributed by atoms with E-state index in [1.54, 1.807) is 6.55 Å². The molecule has 5 N–H and O–H groups in total. The Morgan fingerprint density at radius 1 is 0.517 bits per heavy atom. The molecule has 8 nitrogen and oxygen atoms in total. The van der Waals surface area contributed by atoms with E-state index in [-0.39, 0.29) is 26.4 Å². The Labute approximate surface area is 180 Å². The van der Waals surface area contributed by atoms with Crippen LogP contribution < -0.4 is 0 Å². The van der Waals surface area contributed by atoms with Gasteiger partial charge in [-0.05, 0) is 82.6 Å². The molecule has 0 fully saturated rings. The van der Waals surface area contributed by atoms with Crippen LogP contribution in [0.5, 0.6) is 0 Å². The first-order chi connectivity index (χ1) is 13.4. The van der Waals surface area contributed by atoms with E-state index < -0.39 is 34.0 Å². The fourth-order valence-corrected chi connectivity index (χ4v) is 22.6. The molecule has 0 aliphatic rings. The normalized spacial score (nSPS) is 18.8. The average Bonchev–Trinajstić information content (AvgIpc) is 2.60. The van der Waals surface area contributed by atoms with Crippen molar-refractivity contribution in [2.24, 2.45) is 0 Å². The van der Waals surface area contributed by atoms with E-state index in [1.165, 1.54) is 0 Å². The number of aliphatic hydroxyl groups excluding tert-OH is 4. The van der Waals surface area contributed by atoms with Gasteiger partial charge in [-0.25, -0.2) is 0 Å². The summed E-state index contributed by atoms with van der Waals surface area (Å²) in [6.07, 6.45) is 2.24. The Bertz CT molecular complexity index is 406. The molecule has 0 aliphatic carbocycles. The maximum Gasteiger partial charge on any atom is 0.323 e. The van der Waals surface area contributed by atoms with E-state index in [9.17, 15) is 20.1 Å². The van der Waals surface area contributed by atoms with Crippen LogP contribution in [0.4, 0.5) is 0 Å². The molecule has 0 aliphatic heterocycles. The predicted octanol–water partition coefficient (Wildman–Crippen LogP) is 1.98. The summed E-state index contributed by atoms with van der Waals surface area (Å²) in [6.45, 7) is 10.0. The van der Waals surface area contributed by atoms with Crippen LogP contribution in [0.15, 0.2) is 0 Å². The largest absolute Gasteiger partial charge is 0.436 e. The van der Waals surface area contributed by atoms with Gasteiger partial charge in [0.2, 0.25) is 0 Å². The van der Waals surface area contributed by atoms with Crippen molar-refractivity contribution in [2.45, 2.75) is 82.6 Å². The van der Waals surface area contributed by atoms with Crippen LogP contribution in [0, 0.1) is 0 Å². The molecule has 0 aromatic heterocycles. The first-order valence-electron chi connectivity index (χ1n) is 10.6. The molecule has 0 saturated carbocycles. The fraction of sp³-hybridized carbons (Fsp3) is 1.00. The highest BCUT2D eigenvalue weighted by Gasteiger charge is 2.48. The maximum absolute atomic E-state index is 10.8. The quantitative estimate of drug-likeness (QED) is 0.185. The Kier molecular flexibility index (Phi) is 14.1. The van der Waals surface area contributed by atoms with Crippen molar-refractivity contribution >= 4 is 34.0 Å². The van der Waals surface area contributed by atoms with Crippen LogP contribution in [0.3, 0.4) is 0 Å². The minimum Gasteiger partial charge on any atom is -0.436 e. The Morgan fingerprint density at radius 3 is 1.34 bits per heavy atom. The van der Waals surface area contributed by atoms with Crippen LogP contribution in [0.1, 0.15) is 25.7 Å². The minimum atomic E-state index is -3.03. The van der Waals surface area contributed by atoms with Crippen LogP contribution in [0.2, 0.25) is 56.9 Å². The molecule has 0 amide bonds. The maximum atomic E-state index is 10.8. The van der Waals surface area contributed by atoms with Crippen LogP contribution in [-0.2, 0) is 12.3 Å². The smallest absolute Gasteiger partial charge is 0.323 e. The fourth-order valence-electron chi connectivity index (χ4n) is 3.57. The third kappa shape index (κ3) is 13.5. The summed E-state index contributed by atoms with van der Waals surface area (Å²) in [6, 6.07) is 2.38. The molecule has 176 valence electrons. The zero-order valence-corrected chi connectivity index (χ0v) is 22.9. The molecule has 3 unspecified atom stereocenters. The lowest BCUT2D eigenvalue weighted by Gasteiger charge is -2.43. The molecule has 0 rings (SSSR count). The van der Waals surface area contributed by atoms with E-state index in [4.69, 9.17) is 17.5 Å². The van der Waals surface area contributed by atoms with Gasteiger partial charge in [0.15, 0.2) is 8.32 Å². The van der Waals surface area contributed by atoms with Gasteiger partial charge < -0.3 is 37.6 Å². The van der Waals surface area contributed by atoms with E-state index in [0.717, 1.165) is 6.04 Å². The Morgan fingerprint density at radius 2 is 0.897 bits per heavy atom. The van der Waals surface area contributed by atoms with Crippen molar-refractivity contribution in [3.63, 3.8) is 0 Å². The first-order valence-corrected chi connectivity index (χ1v) is 21.4. The Hall–Kier alpha value is 0.548. The van der Waals surface area contributed by atoms with Crippen molar-refractivity contribution in [3.8, 4) is 0 Å². The molecular weight excluding hydrogens is 445 g/mol. The molecule has 3 atom stereocenters. The number of aliphatic hydroxyl groups is 4. The van der Waals surface area contributed by atoms with Crippen molar-refractivity contribution < 1.29 is 37.6 Å². The van der Waals surface area contributed by atoms with Crippen LogP contribution >= 0.6 is 0 Å². The highest BCUT2D eigenvalue weighted by Crippen LogP contribution is 2.32. The first kappa shape index (κ1) is 29.5. The lowest BCUT2D eigenvalue weighted by atomic mass is 10.5. The molecule has 0 heterocycles. The van der Waals surface area contributed by atoms with Gasteiger partial charge in [0.1, 0.15) is 0 Å². The standard InChI is InChI=1S/C17H44O8Si4/c1-26(2,14-6-10-18)23-28(4,16-8-12-20)25-29(5,17-9-13-21)24-27(3,22)15-7-11-19/h18-22H,6-17H2,1-5H3. The van der Waals surface area contributed by atoms with Gasteiger partial charge in [-0.2, -0.15) is 0 Å². The van der Waals surface area contributed by atoms with E-state index in [2.05, 4.69) is 13.1 Å². The molecule has 0 aromatic rings. The summed E-state index contributed by atoms with van der Waals surface area (Å²) in [5, 5.41) is 37.0. The average molecular weight is 489 g/mol. The van der Waals surface area contributed by atoms with Gasteiger partial charge in [-0.3, -0.25) is 0 Å². The second kappa shape index (κ2) is 13.9. The number of hydrogen-bond acceptors (Lipinski definition) is 8. The van der Waals surface area contributed by atoms with E-state index in [0.29, 0.717) is 43.8 Å². The number of rotatable bonds is 18. The summed E-state index contributed by atoms with van der Waals surface area (Å²) in [5.41, 5.74) is 0. The summed E-state index contributed by atoms with van der Waals surface area (Å²) >= 11 is 0. The second-order valence-corrected chi connectivity index (χ2v) is 23.7. The molecule has 0 aromatic carbocycles. The SMILES string of the molecule is C[Si](C)(CCCO)O[Si](C)(CCCO)O[Si](C)(CCCO)O[Si](C)(O)CCCO. The molecule has 0 radical (unpaired) electrons. The molecule has 0 bridgehead atoms. The Balaban J connectivity index is 5.56. The molecule has 0 saturated heterocycles. The topological polar surface area (TPSA) is 129 Å². The zero-order valence-electron chi connectivity index (χ0n) is 18.9. The van der Waals surface area contributed by atoms with Gasteiger partial charge in [0.05, 0.1) is 0 Å². The molecule has 12 heteroatoms. The van der Waals surface area contributed by atoms with Crippen LogP contribution in [-0.4, -0.2) is 85.6 Å².